The molecule has 2 rings (SSSR count). The normalized spacial score (nSPS) is 18.7. The molecule has 1 aromatic rings. The molecule has 3 heteroatoms. The third kappa shape index (κ3) is 5.15. The van der Waals surface area contributed by atoms with E-state index in [0.29, 0.717) is 12.3 Å². The first-order valence-electron chi connectivity index (χ1n) is 10.4. The first kappa shape index (κ1) is 21.5. The highest BCUT2D eigenvalue weighted by atomic mass is 16.1. The van der Waals surface area contributed by atoms with Crippen molar-refractivity contribution in [2.24, 2.45) is 17.8 Å². The monoisotopic (exact) mass is 370 g/mol. The SMILES string of the molecule is CCCC(CC1CC(=O)c2c(C)ccc(C)c2C1)C(CC)C(=O)CC(C)=O. The number of ketones is 3. The van der Waals surface area contributed by atoms with Crippen LogP contribution in [0.4, 0.5) is 0 Å². The first-order chi connectivity index (χ1) is 12.8. The van der Waals surface area contributed by atoms with Crippen molar-refractivity contribution < 1.29 is 14.4 Å². The molecule has 3 unspecified atom stereocenters. The van der Waals surface area contributed by atoms with Crippen LogP contribution in [-0.4, -0.2) is 17.3 Å². The summed E-state index contributed by atoms with van der Waals surface area (Å²) in [6.07, 6.45) is 5.21. The molecule has 0 spiro atoms. The second kappa shape index (κ2) is 9.43. The van der Waals surface area contributed by atoms with Crippen molar-refractivity contribution >= 4 is 17.3 Å². The summed E-state index contributed by atoms with van der Waals surface area (Å²) >= 11 is 0. The number of Topliss-reactive ketones (excluding diaryl/α,β-unsaturated/α-hetero) is 3. The van der Waals surface area contributed by atoms with Crippen LogP contribution in [0.3, 0.4) is 0 Å². The quantitative estimate of drug-likeness (QED) is 0.545. The van der Waals surface area contributed by atoms with Gasteiger partial charge in [-0.1, -0.05) is 38.8 Å². The van der Waals surface area contributed by atoms with Crippen molar-refractivity contribution in [3.8, 4) is 0 Å². The lowest BCUT2D eigenvalue weighted by Crippen LogP contribution is -2.30. The van der Waals surface area contributed by atoms with Crippen LogP contribution in [0.5, 0.6) is 0 Å². The summed E-state index contributed by atoms with van der Waals surface area (Å²) in [6.45, 7) is 9.78. The van der Waals surface area contributed by atoms with E-state index in [9.17, 15) is 14.4 Å². The maximum atomic E-state index is 12.8. The molecule has 1 aliphatic rings. The fourth-order valence-corrected chi connectivity index (χ4v) is 4.89. The van der Waals surface area contributed by atoms with Crippen LogP contribution in [-0.2, 0) is 16.0 Å². The number of carbonyl (C=O) groups is 3. The molecule has 0 N–H and O–H groups in total. The third-order valence-electron chi connectivity index (χ3n) is 6.14. The van der Waals surface area contributed by atoms with Crippen molar-refractivity contribution in [3.05, 3.63) is 34.4 Å². The van der Waals surface area contributed by atoms with E-state index in [1.807, 2.05) is 19.9 Å². The fourth-order valence-electron chi connectivity index (χ4n) is 4.89. The van der Waals surface area contributed by atoms with Crippen molar-refractivity contribution in [1.29, 1.82) is 0 Å². The van der Waals surface area contributed by atoms with E-state index < -0.39 is 0 Å². The molecule has 3 nitrogen and oxygen atoms in total. The number of carbonyl (C=O) groups excluding carboxylic acids is 3. The minimum absolute atomic E-state index is 0.0451. The van der Waals surface area contributed by atoms with Gasteiger partial charge in [-0.25, -0.2) is 0 Å². The van der Waals surface area contributed by atoms with Gasteiger partial charge in [0.1, 0.15) is 11.6 Å². The summed E-state index contributed by atoms with van der Waals surface area (Å²) in [7, 11) is 0. The van der Waals surface area contributed by atoms with E-state index in [1.54, 1.807) is 0 Å². The zero-order chi connectivity index (χ0) is 20.1. The van der Waals surface area contributed by atoms with Gasteiger partial charge in [0.25, 0.3) is 0 Å². The van der Waals surface area contributed by atoms with E-state index >= 15 is 0 Å². The van der Waals surface area contributed by atoms with E-state index in [0.717, 1.165) is 43.2 Å². The molecule has 0 saturated heterocycles. The topological polar surface area (TPSA) is 51.2 Å². The molecule has 1 aromatic carbocycles. The Morgan fingerprint density at radius 2 is 1.78 bits per heavy atom. The van der Waals surface area contributed by atoms with Gasteiger partial charge in [-0.2, -0.15) is 0 Å². The Morgan fingerprint density at radius 1 is 1.11 bits per heavy atom. The molecule has 148 valence electrons. The molecule has 0 heterocycles. The van der Waals surface area contributed by atoms with Gasteiger partial charge in [0, 0.05) is 17.9 Å². The minimum Gasteiger partial charge on any atom is -0.300 e. The first-order valence-corrected chi connectivity index (χ1v) is 10.4. The molecule has 3 atom stereocenters. The zero-order valence-electron chi connectivity index (χ0n) is 17.6. The average molecular weight is 371 g/mol. The number of rotatable bonds is 9. The third-order valence-corrected chi connectivity index (χ3v) is 6.14. The van der Waals surface area contributed by atoms with Crippen LogP contribution in [0.2, 0.25) is 0 Å². The van der Waals surface area contributed by atoms with Crippen LogP contribution in [0, 0.1) is 31.6 Å². The summed E-state index contributed by atoms with van der Waals surface area (Å²) in [4.78, 5) is 36.9. The average Bonchev–Trinajstić information content (AvgIpc) is 2.58. The lowest BCUT2D eigenvalue weighted by Gasteiger charge is -2.32. The van der Waals surface area contributed by atoms with E-state index in [2.05, 4.69) is 19.9 Å². The lowest BCUT2D eigenvalue weighted by atomic mass is 9.71. The largest absolute Gasteiger partial charge is 0.300 e. The van der Waals surface area contributed by atoms with Gasteiger partial charge in [-0.05, 0) is 68.6 Å². The van der Waals surface area contributed by atoms with E-state index in [-0.39, 0.29) is 35.6 Å². The van der Waals surface area contributed by atoms with Crippen molar-refractivity contribution in [2.75, 3.05) is 0 Å². The Balaban J connectivity index is 2.21. The maximum Gasteiger partial charge on any atom is 0.163 e. The molecule has 0 amide bonds. The Kier molecular flexibility index (Phi) is 7.52. The van der Waals surface area contributed by atoms with Gasteiger partial charge in [-0.3, -0.25) is 14.4 Å². The van der Waals surface area contributed by atoms with Crippen molar-refractivity contribution in [2.45, 2.75) is 79.6 Å². The summed E-state index contributed by atoms with van der Waals surface area (Å²) in [5, 5.41) is 0. The summed E-state index contributed by atoms with van der Waals surface area (Å²) < 4.78 is 0. The molecular weight excluding hydrogens is 336 g/mol. The highest BCUT2D eigenvalue weighted by molar-refractivity contribution is 6.00. The van der Waals surface area contributed by atoms with Crippen molar-refractivity contribution in [3.63, 3.8) is 0 Å². The van der Waals surface area contributed by atoms with Crippen molar-refractivity contribution in [1.82, 2.24) is 0 Å². The molecular formula is C24H34O3. The molecule has 0 aliphatic heterocycles. The molecule has 0 radical (unpaired) electrons. The standard InChI is InChI=1S/C24H34O3/c1-6-8-19(20(7-2)22(26)11-17(5)25)12-18-13-21-15(3)9-10-16(4)24(21)23(27)14-18/h9-10,18-20H,6-8,11-14H2,1-5H3. The second-order valence-electron chi connectivity index (χ2n) is 8.39. The maximum absolute atomic E-state index is 12.8. The lowest BCUT2D eigenvalue weighted by molar-refractivity contribution is -0.129. The number of benzene rings is 1. The number of aryl methyl sites for hydroxylation is 2. The summed E-state index contributed by atoms with van der Waals surface area (Å²) in [6, 6.07) is 4.15. The van der Waals surface area contributed by atoms with Gasteiger partial charge in [-0.15, -0.1) is 0 Å². The van der Waals surface area contributed by atoms with Crippen LogP contribution in [0.15, 0.2) is 12.1 Å². The van der Waals surface area contributed by atoms with Gasteiger partial charge < -0.3 is 0 Å². The fraction of sp³-hybridized carbons (Fsp3) is 0.625. The predicted molar refractivity (Wildman–Crippen MR) is 109 cm³/mol. The van der Waals surface area contributed by atoms with Gasteiger partial charge in [0.2, 0.25) is 0 Å². The van der Waals surface area contributed by atoms with Gasteiger partial charge >= 0.3 is 0 Å². The summed E-state index contributed by atoms with van der Waals surface area (Å²) in [5.74, 6) is 0.766. The molecule has 27 heavy (non-hydrogen) atoms. The Morgan fingerprint density at radius 3 is 2.37 bits per heavy atom. The second-order valence-corrected chi connectivity index (χ2v) is 8.39. The Bertz CT molecular complexity index is 717. The van der Waals surface area contributed by atoms with E-state index in [1.165, 1.54) is 18.1 Å². The molecule has 1 aliphatic carbocycles. The number of hydrogen-bond acceptors (Lipinski definition) is 3. The van der Waals surface area contributed by atoms with Crippen LogP contribution >= 0.6 is 0 Å². The highest BCUT2D eigenvalue weighted by Crippen LogP contribution is 2.37. The molecule has 0 aromatic heterocycles. The van der Waals surface area contributed by atoms with Crippen LogP contribution in [0.25, 0.3) is 0 Å². The molecule has 0 fully saturated rings. The minimum atomic E-state index is -0.0658. The van der Waals surface area contributed by atoms with Gasteiger partial charge in [0.05, 0.1) is 6.42 Å². The Labute approximate surface area is 163 Å². The predicted octanol–water partition coefficient (Wildman–Crippen LogP) is 5.43. The van der Waals surface area contributed by atoms with Gasteiger partial charge in [0.15, 0.2) is 5.78 Å². The molecule has 0 bridgehead atoms. The van der Waals surface area contributed by atoms with Crippen LogP contribution in [0.1, 0.15) is 86.3 Å². The molecule has 0 saturated carbocycles. The zero-order valence-corrected chi connectivity index (χ0v) is 17.6. The smallest absolute Gasteiger partial charge is 0.163 e. The van der Waals surface area contributed by atoms with Crippen LogP contribution < -0.4 is 0 Å². The Hall–Kier alpha value is -1.77. The highest BCUT2D eigenvalue weighted by Gasteiger charge is 2.33. The summed E-state index contributed by atoms with van der Waals surface area (Å²) in [5.41, 5.74) is 4.40. The number of hydrogen-bond donors (Lipinski definition) is 0. The van der Waals surface area contributed by atoms with E-state index in [4.69, 9.17) is 0 Å². The number of fused-ring (bicyclic) bond motifs is 1.